The Bertz CT molecular complexity index is 1560. The Kier molecular flexibility index (Phi) is 9.12. The van der Waals surface area contributed by atoms with Crippen LogP contribution in [0.1, 0.15) is 49.8 Å². The molecule has 1 aromatic heterocycles. The number of rotatable bonds is 12. The van der Waals surface area contributed by atoms with Gasteiger partial charge in [0.2, 0.25) is 5.75 Å². The average Bonchev–Trinajstić information content (AvgIpc) is 3.19. The largest absolute Gasteiger partial charge is 0.493 e. The minimum absolute atomic E-state index is 0.109. The van der Waals surface area contributed by atoms with Crippen molar-refractivity contribution in [1.29, 1.82) is 0 Å². The summed E-state index contributed by atoms with van der Waals surface area (Å²) in [6.07, 6.45) is -2.99. The molecule has 232 valence electrons. The number of hydrogen-bond acceptors (Lipinski definition) is 8. The first kappa shape index (κ1) is 31.5. The smallest absolute Gasteiger partial charge is 0.417 e. The minimum atomic E-state index is -4.72. The molecule has 1 saturated heterocycles. The van der Waals surface area contributed by atoms with Crippen molar-refractivity contribution in [3.8, 4) is 23.0 Å². The van der Waals surface area contributed by atoms with Gasteiger partial charge in [0, 0.05) is 23.6 Å². The number of aryl methyl sites for hydroxylation is 1. The summed E-state index contributed by atoms with van der Waals surface area (Å²) in [6, 6.07) is 5.76. The summed E-state index contributed by atoms with van der Waals surface area (Å²) in [4.78, 5) is 39.3. The van der Waals surface area contributed by atoms with Gasteiger partial charge in [-0.15, -0.1) is 0 Å². The Balaban J connectivity index is 1.45. The molecule has 2 aromatic carbocycles. The second kappa shape index (κ2) is 12.4. The molecule has 1 atom stereocenters. The average molecular weight is 607 g/mol. The number of alkyl halides is 3. The van der Waals surface area contributed by atoms with Crippen molar-refractivity contribution in [3.63, 3.8) is 0 Å². The van der Waals surface area contributed by atoms with Crippen LogP contribution < -0.4 is 29.9 Å². The first-order valence-corrected chi connectivity index (χ1v) is 13.6. The Hall–Kier alpha value is -4.42. The molecular formula is C30H33F3N2O8. The van der Waals surface area contributed by atoms with Crippen molar-refractivity contribution in [2.75, 3.05) is 34.5 Å². The minimum Gasteiger partial charge on any atom is -0.493 e. The fourth-order valence-corrected chi connectivity index (χ4v) is 5.14. The summed E-state index contributed by atoms with van der Waals surface area (Å²) < 4.78 is 67.8. The number of benzene rings is 2. The van der Waals surface area contributed by atoms with Crippen LogP contribution in [0.3, 0.4) is 0 Å². The van der Waals surface area contributed by atoms with E-state index < -0.39 is 34.8 Å². The standard InChI is InChI=1S/C30H33F3N2O8/c1-6-9-19-21(11-10-18-20(30(31,32)33)16-24(36)43-25(18)19)42-13-8-7-12-35-27(37)29(2,34-28(35)38)17-14-22(39-3)26(41-5)23(15-17)40-4/h10-11,14-16H,6-9,12-13H2,1-5H3,(H,34,38). The van der Waals surface area contributed by atoms with Crippen LogP contribution in [-0.4, -0.2) is 51.3 Å². The SMILES string of the molecule is CCCc1c(OCCCCN2C(=O)NC(C)(c3cc(OC)c(OC)c(OC)c3)C2=O)ccc2c(C(F)(F)F)cc(=O)oc12. The zero-order valence-corrected chi connectivity index (χ0v) is 24.5. The summed E-state index contributed by atoms with van der Waals surface area (Å²) in [5.74, 6) is 0.869. The third-order valence-corrected chi connectivity index (χ3v) is 7.33. The van der Waals surface area contributed by atoms with Crippen molar-refractivity contribution in [1.82, 2.24) is 10.2 Å². The number of carbonyl (C=O) groups is 2. The van der Waals surface area contributed by atoms with Gasteiger partial charge in [-0.25, -0.2) is 9.59 Å². The number of amides is 3. The van der Waals surface area contributed by atoms with E-state index in [-0.39, 0.29) is 24.1 Å². The molecule has 0 bridgehead atoms. The lowest BCUT2D eigenvalue weighted by Crippen LogP contribution is -2.41. The molecule has 13 heteroatoms. The number of imide groups is 1. The predicted molar refractivity (Wildman–Crippen MR) is 150 cm³/mol. The van der Waals surface area contributed by atoms with Crippen LogP contribution in [-0.2, 0) is 22.9 Å². The molecule has 43 heavy (non-hydrogen) atoms. The van der Waals surface area contributed by atoms with Crippen molar-refractivity contribution < 1.29 is 46.1 Å². The van der Waals surface area contributed by atoms with Crippen LogP contribution in [0.4, 0.5) is 18.0 Å². The van der Waals surface area contributed by atoms with Gasteiger partial charge >= 0.3 is 17.8 Å². The highest BCUT2D eigenvalue weighted by Gasteiger charge is 2.49. The molecule has 10 nitrogen and oxygen atoms in total. The highest BCUT2D eigenvalue weighted by Crippen LogP contribution is 2.42. The predicted octanol–water partition coefficient (Wildman–Crippen LogP) is 5.42. The van der Waals surface area contributed by atoms with Crippen molar-refractivity contribution in [3.05, 3.63) is 57.4 Å². The zero-order valence-electron chi connectivity index (χ0n) is 24.5. The molecule has 1 N–H and O–H groups in total. The van der Waals surface area contributed by atoms with Gasteiger partial charge in [0.15, 0.2) is 11.5 Å². The maximum absolute atomic E-state index is 13.5. The number of fused-ring (bicyclic) bond motifs is 1. The maximum Gasteiger partial charge on any atom is 0.417 e. The van der Waals surface area contributed by atoms with E-state index in [4.69, 9.17) is 23.4 Å². The van der Waals surface area contributed by atoms with Crippen LogP contribution in [0.2, 0.25) is 0 Å². The third-order valence-electron chi connectivity index (χ3n) is 7.33. The molecule has 1 aliphatic heterocycles. The molecule has 0 spiro atoms. The summed E-state index contributed by atoms with van der Waals surface area (Å²) in [7, 11) is 4.36. The van der Waals surface area contributed by atoms with E-state index in [1.165, 1.54) is 33.5 Å². The number of nitrogens with zero attached hydrogens (tertiary/aromatic N) is 1. The number of carbonyl (C=O) groups excluding carboxylic acids is 2. The molecule has 0 saturated carbocycles. The Morgan fingerprint density at radius 3 is 2.21 bits per heavy atom. The number of nitrogens with one attached hydrogen (secondary N) is 1. The molecule has 1 fully saturated rings. The molecule has 3 amide bonds. The quantitative estimate of drug-likeness (QED) is 0.165. The van der Waals surface area contributed by atoms with E-state index in [9.17, 15) is 27.6 Å². The lowest BCUT2D eigenvalue weighted by Gasteiger charge is -2.24. The molecule has 3 aromatic rings. The summed E-state index contributed by atoms with van der Waals surface area (Å²) in [6.45, 7) is 3.70. The topological polar surface area (TPSA) is 117 Å². The monoisotopic (exact) mass is 606 g/mol. The highest BCUT2D eigenvalue weighted by atomic mass is 19.4. The summed E-state index contributed by atoms with van der Waals surface area (Å²) >= 11 is 0. The van der Waals surface area contributed by atoms with Gasteiger partial charge in [-0.05, 0) is 56.0 Å². The molecule has 0 aliphatic carbocycles. The van der Waals surface area contributed by atoms with Crippen LogP contribution in [0.5, 0.6) is 23.0 Å². The Morgan fingerprint density at radius 2 is 1.63 bits per heavy atom. The van der Waals surface area contributed by atoms with Crippen LogP contribution in [0.15, 0.2) is 39.5 Å². The normalized spacial score (nSPS) is 16.9. The number of methoxy groups -OCH3 is 3. The number of halogens is 3. The Labute approximate surface area is 245 Å². The number of urea groups is 1. The lowest BCUT2D eigenvalue weighted by atomic mass is 9.91. The van der Waals surface area contributed by atoms with Gasteiger partial charge in [-0.3, -0.25) is 9.69 Å². The van der Waals surface area contributed by atoms with Crippen molar-refractivity contribution >= 4 is 22.9 Å². The third kappa shape index (κ3) is 6.06. The van der Waals surface area contributed by atoms with E-state index >= 15 is 0 Å². The maximum atomic E-state index is 13.5. The number of unbranched alkanes of at least 4 members (excludes halogenated alkanes) is 1. The number of ether oxygens (including phenoxy) is 4. The molecular weight excluding hydrogens is 573 g/mol. The molecule has 1 aliphatic rings. The van der Waals surface area contributed by atoms with Gasteiger partial charge < -0.3 is 28.7 Å². The second-order valence-electron chi connectivity index (χ2n) is 10.1. The lowest BCUT2D eigenvalue weighted by molar-refractivity contribution is -0.136. The van der Waals surface area contributed by atoms with E-state index in [0.717, 1.165) is 4.90 Å². The summed E-state index contributed by atoms with van der Waals surface area (Å²) in [5, 5.41) is 2.54. The molecule has 4 rings (SSSR count). The van der Waals surface area contributed by atoms with E-state index in [2.05, 4.69) is 5.32 Å². The van der Waals surface area contributed by atoms with Crippen LogP contribution in [0, 0.1) is 0 Å². The van der Waals surface area contributed by atoms with Crippen molar-refractivity contribution in [2.24, 2.45) is 0 Å². The van der Waals surface area contributed by atoms with Gasteiger partial charge in [-0.2, -0.15) is 13.2 Å². The molecule has 1 unspecified atom stereocenters. The van der Waals surface area contributed by atoms with Crippen LogP contribution in [0.25, 0.3) is 11.0 Å². The van der Waals surface area contributed by atoms with E-state index in [1.54, 1.807) is 19.1 Å². The fraction of sp³-hybridized carbons (Fsp3) is 0.433. The molecule has 0 radical (unpaired) electrons. The Morgan fingerprint density at radius 1 is 0.953 bits per heavy atom. The zero-order chi connectivity index (χ0) is 31.5. The van der Waals surface area contributed by atoms with Gasteiger partial charge in [-0.1, -0.05) is 13.3 Å². The van der Waals surface area contributed by atoms with Gasteiger partial charge in [0.05, 0.1) is 33.5 Å². The van der Waals surface area contributed by atoms with E-state index in [1.807, 2.05) is 6.92 Å². The second-order valence-corrected chi connectivity index (χ2v) is 10.1. The first-order chi connectivity index (χ1) is 20.4. The van der Waals surface area contributed by atoms with Gasteiger partial charge in [0.25, 0.3) is 5.91 Å². The van der Waals surface area contributed by atoms with Gasteiger partial charge in [0.1, 0.15) is 16.9 Å². The molecule has 2 heterocycles. The fourth-order valence-electron chi connectivity index (χ4n) is 5.14. The first-order valence-electron chi connectivity index (χ1n) is 13.6. The van der Waals surface area contributed by atoms with Crippen molar-refractivity contribution in [2.45, 2.75) is 51.2 Å². The van der Waals surface area contributed by atoms with E-state index in [0.29, 0.717) is 65.9 Å². The highest BCUT2D eigenvalue weighted by molar-refractivity contribution is 6.07. The summed E-state index contributed by atoms with van der Waals surface area (Å²) in [5.41, 5.74) is -2.86. The number of hydrogen-bond donors (Lipinski definition) is 1. The van der Waals surface area contributed by atoms with Crippen LogP contribution >= 0.6 is 0 Å².